The lowest BCUT2D eigenvalue weighted by Crippen LogP contribution is -2.15. The molecule has 0 bridgehead atoms. The van der Waals surface area contributed by atoms with Crippen molar-refractivity contribution >= 4 is 11.6 Å². The molecule has 0 fully saturated rings. The Bertz CT molecular complexity index is 921. The van der Waals surface area contributed by atoms with Crippen LogP contribution in [0.15, 0.2) is 52.9 Å². The Kier molecular flexibility index (Phi) is 6.52. The quantitative estimate of drug-likeness (QED) is 0.553. The van der Waals surface area contributed by atoms with E-state index >= 15 is 0 Å². The van der Waals surface area contributed by atoms with Gasteiger partial charge in [0.25, 0.3) is 0 Å². The number of aromatic nitrogens is 2. The van der Waals surface area contributed by atoms with Crippen molar-refractivity contribution in [1.29, 1.82) is 0 Å². The number of anilines is 1. The third-order valence-corrected chi connectivity index (χ3v) is 4.27. The van der Waals surface area contributed by atoms with Crippen LogP contribution in [0.1, 0.15) is 24.8 Å². The van der Waals surface area contributed by atoms with Crippen LogP contribution in [0.3, 0.4) is 0 Å². The highest BCUT2D eigenvalue weighted by molar-refractivity contribution is 5.91. The molecule has 0 aliphatic heterocycles. The average Bonchev–Trinajstić information content (AvgIpc) is 3.19. The minimum absolute atomic E-state index is 0.159. The monoisotopic (exact) mass is 381 g/mol. The number of nitrogens with one attached hydrogen (secondary N) is 1. The van der Waals surface area contributed by atoms with Gasteiger partial charge in [0.1, 0.15) is 0 Å². The number of nitrogens with zero attached hydrogens (tertiary/aromatic N) is 2. The first-order chi connectivity index (χ1) is 13.5. The molecule has 0 spiro atoms. The molecule has 3 N–H and O–H groups in total. The SMILES string of the molecule is Cc1ccc(-c2nnc(-c3cccc(NC(=O)CCCC(O)CO)c3)o2)cc1. The van der Waals surface area contributed by atoms with Gasteiger partial charge in [0, 0.05) is 23.2 Å². The maximum Gasteiger partial charge on any atom is 0.248 e. The number of aryl methyl sites for hydroxylation is 1. The highest BCUT2D eigenvalue weighted by atomic mass is 16.4. The van der Waals surface area contributed by atoms with E-state index in [1.54, 1.807) is 18.2 Å². The summed E-state index contributed by atoms with van der Waals surface area (Å²) in [6.45, 7) is 1.72. The molecule has 7 nitrogen and oxygen atoms in total. The number of aliphatic hydroxyl groups excluding tert-OH is 2. The summed E-state index contributed by atoms with van der Waals surface area (Å²) in [4.78, 5) is 12.0. The minimum Gasteiger partial charge on any atom is -0.416 e. The van der Waals surface area contributed by atoms with E-state index in [0.29, 0.717) is 35.9 Å². The maximum absolute atomic E-state index is 12.0. The van der Waals surface area contributed by atoms with E-state index in [9.17, 15) is 9.90 Å². The Morgan fingerprint density at radius 1 is 1.11 bits per heavy atom. The number of benzene rings is 2. The second kappa shape index (κ2) is 9.25. The molecular formula is C21H23N3O4. The second-order valence-corrected chi connectivity index (χ2v) is 6.64. The van der Waals surface area contributed by atoms with Crippen molar-refractivity contribution in [1.82, 2.24) is 10.2 Å². The topological polar surface area (TPSA) is 108 Å². The van der Waals surface area contributed by atoms with Gasteiger partial charge in [-0.15, -0.1) is 10.2 Å². The van der Waals surface area contributed by atoms with Crippen LogP contribution in [0.5, 0.6) is 0 Å². The predicted molar refractivity (Wildman–Crippen MR) is 105 cm³/mol. The summed E-state index contributed by atoms with van der Waals surface area (Å²) < 4.78 is 5.77. The molecule has 2 aromatic carbocycles. The lowest BCUT2D eigenvalue weighted by atomic mass is 10.1. The summed E-state index contributed by atoms with van der Waals surface area (Å²) >= 11 is 0. The molecule has 3 rings (SSSR count). The average molecular weight is 381 g/mol. The standard InChI is InChI=1S/C21H23N3O4/c1-14-8-10-15(11-9-14)20-23-24-21(28-20)16-4-2-5-17(12-16)22-19(27)7-3-6-18(26)13-25/h2,4-5,8-12,18,25-26H,3,6-7,13H2,1H3,(H,22,27). The third kappa shape index (κ3) is 5.25. The number of hydrogen-bond donors (Lipinski definition) is 3. The molecular weight excluding hydrogens is 358 g/mol. The molecule has 0 aliphatic rings. The van der Waals surface area contributed by atoms with Crippen LogP contribution in [-0.2, 0) is 4.79 Å². The van der Waals surface area contributed by atoms with Gasteiger partial charge in [0.15, 0.2) is 0 Å². The summed E-state index contributed by atoms with van der Waals surface area (Å²) in [5.74, 6) is 0.651. The summed E-state index contributed by atoms with van der Waals surface area (Å²) in [5.41, 5.74) is 3.33. The lowest BCUT2D eigenvalue weighted by molar-refractivity contribution is -0.116. The first kappa shape index (κ1) is 19.7. The van der Waals surface area contributed by atoms with E-state index in [4.69, 9.17) is 9.52 Å². The van der Waals surface area contributed by atoms with Crippen molar-refractivity contribution in [3.63, 3.8) is 0 Å². The molecule has 1 unspecified atom stereocenters. The van der Waals surface area contributed by atoms with Gasteiger partial charge < -0.3 is 19.9 Å². The number of amides is 1. The molecule has 0 saturated heterocycles. The van der Waals surface area contributed by atoms with Gasteiger partial charge in [-0.2, -0.15) is 0 Å². The number of carbonyl (C=O) groups is 1. The summed E-state index contributed by atoms with van der Waals surface area (Å²) in [6.07, 6.45) is 0.362. The number of aliphatic hydroxyl groups is 2. The van der Waals surface area contributed by atoms with E-state index < -0.39 is 6.10 Å². The largest absolute Gasteiger partial charge is 0.416 e. The van der Waals surface area contributed by atoms with Crippen molar-refractivity contribution in [3.8, 4) is 22.9 Å². The van der Waals surface area contributed by atoms with Crippen molar-refractivity contribution < 1.29 is 19.4 Å². The third-order valence-electron chi connectivity index (χ3n) is 4.27. The molecule has 1 heterocycles. The summed E-state index contributed by atoms with van der Waals surface area (Å²) in [5, 5.41) is 29.1. The second-order valence-electron chi connectivity index (χ2n) is 6.64. The van der Waals surface area contributed by atoms with E-state index in [2.05, 4.69) is 15.5 Å². The highest BCUT2D eigenvalue weighted by Gasteiger charge is 2.12. The molecule has 28 heavy (non-hydrogen) atoms. The van der Waals surface area contributed by atoms with Crippen molar-refractivity contribution in [2.45, 2.75) is 32.3 Å². The van der Waals surface area contributed by atoms with Crippen LogP contribution in [0.2, 0.25) is 0 Å². The Balaban J connectivity index is 1.65. The van der Waals surface area contributed by atoms with Crippen LogP contribution >= 0.6 is 0 Å². The minimum atomic E-state index is -0.781. The molecule has 146 valence electrons. The van der Waals surface area contributed by atoms with E-state index in [0.717, 1.165) is 11.1 Å². The lowest BCUT2D eigenvalue weighted by Gasteiger charge is -2.08. The van der Waals surface area contributed by atoms with E-state index in [1.807, 2.05) is 37.3 Å². The van der Waals surface area contributed by atoms with Gasteiger partial charge in [-0.25, -0.2) is 0 Å². The maximum atomic E-state index is 12.0. The predicted octanol–water partition coefficient (Wildman–Crippen LogP) is 3.17. The van der Waals surface area contributed by atoms with Gasteiger partial charge in [0.2, 0.25) is 17.7 Å². The van der Waals surface area contributed by atoms with E-state index in [1.165, 1.54) is 0 Å². The molecule has 0 radical (unpaired) electrons. The smallest absolute Gasteiger partial charge is 0.248 e. The fourth-order valence-electron chi connectivity index (χ4n) is 2.70. The Morgan fingerprint density at radius 3 is 2.54 bits per heavy atom. The molecule has 0 aliphatic carbocycles. The molecule has 1 aromatic heterocycles. The number of carbonyl (C=O) groups excluding carboxylic acids is 1. The summed E-state index contributed by atoms with van der Waals surface area (Å²) in [7, 11) is 0. The van der Waals surface area contributed by atoms with Gasteiger partial charge in [0.05, 0.1) is 12.7 Å². The molecule has 1 atom stereocenters. The molecule has 1 amide bonds. The zero-order chi connectivity index (χ0) is 19.9. The molecule has 0 saturated carbocycles. The molecule has 7 heteroatoms. The van der Waals surface area contributed by atoms with Gasteiger partial charge in [-0.05, 0) is 50.1 Å². The van der Waals surface area contributed by atoms with Gasteiger partial charge in [-0.1, -0.05) is 23.8 Å². The zero-order valence-electron chi connectivity index (χ0n) is 15.6. The Morgan fingerprint density at radius 2 is 1.82 bits per heavy atom. The fourth-order valence-corrected chi connectivity index (χ4v) is 2.70. The first-order valence-electron chi connectivity index (χ1n) is 9.15. The highest BCUT2D eigenvalue weighted by Crippen LogP contribution is 2.26. The fraction of sp³-hybridized carbons (Fsp3) is 0.286. The molecule has 3 aromatic rings. The van der Waals surface area contributed by atoms with Crippen LogP contribution in [-0.4, -0.2) is 39.0 Å². The Labute approximate surface area is 163 Å². The normalized spacial score (nSPS) is 12.0. The summed E-state index contributed by atoms with van der Waals surface area (Å²) in [6, 6.07) is 15.0. The van der Waals surface area contributed by atoms with Crippen molar-refractivity contribution in [3.05, 3.63) is 54.1 Å². The van der Waals surface area contributed by atoms with Crippen LogP contribution < -0.4 is 5.32 Å². The van der Waals surface area contributed by atoms with Crippen LogP contribution in [0.25, 0.3) is 22.9 Å². The number of hydrogen-bond acceptors (Lipinski definition) is 6. The number of rotatable bonds is 8. The first-order valence-corrected chi connectivity index (χ1v) is 9.15. The van der Waals surface area contributed by atoms with E-state index in [-0.39, 0.29) is 18.9 Å². The van der Waals surface area contributed by atoms with Crippen molar-refractivity contribution in [2.75, 3.05) is 11.9 Å². The van der Waals surface area contributed by atoms with Crippen LogP contribution in [0.4, 0.5) is 5.69 Å². The van der Waals surface area contributed by atoms with Crippen molar-refractivity contribution in [2.24, 2.45) is 0 Å². The zero-order valence-corrected chi connectivity index (χ0v) is 15.6. The van der Waals surface area contributed by atoms with Gasteiger partial charge >= 0.3 is 0 Å². The van der Waals surface area contributed by atoms with Gasteiger partial charge in [-0.3, -0.25) is 4.79 Å². The Hall–Kier alpha value is -3.03. The van der Waals surface area contributed by atoms with Crippen LogP contribution in [0, 0.1) is 6.92 Å².